The Balaban J connectivity index is 2.46. The van der Waals surface area contributed by atoms with E-state index >= 15 is 0 Å². The third kappa shape index (κ3) is 3.07. The number of nitrogens with zero attached hydrogens (tertiary/aromatic N) is 2. The number of nitrogens with one attached hydrogen (secondary N) is 1. The number of pyridine rings is 1. The maximum Gasteiger partial charge on any atom is 0.136 e. The maximum atomic E-state index is 7.57. The van der Waals surface area contributed by atoms with Gasteiger partial charge in [-0.05, 0) is 19.1 Å². The highest BCUT2D eigenvalue weighted by atomic mass is 16.5. The minimum Gasteiger partial charge on any atom is -0.496 e. The van der Waals surface area contributed by atoms with E-state index in [0.717, 1.165) is 28.9 Å². The quantitative estimate of drug-likeness (QED) is 0.632. The van der Waals surface area contributed by atoms with E-state index in [0.29, 0.717) is 6.54 Å². The van der Waals surface area contributed by atoms with Crippen molar-refractivity contribution < 1.29 is 4.74 Å². The van der Waals surface area contributed by atoms with E-state index in [9.17, 15) is 0 Å². The number of ether oxygens (including phenoxy) is 1. The van der Waals surface area contributed by atoms with Gasteiger partial charge in [0.1, 0.15) is 11.6 Å². The number of rotatable bonds is 6. The monoisotopic (exact) mass is 286 g/mol. The summed E-state index contributed by atoms with van der Waals surface area (Å²) in [5.74, 6) is 1.94. The Hall–Kier alpha value is -2.30. The third-order valence-electron chi connectivity index (χ3n) is 3.67. The molecule has 5 heteroatoms. The molecule has 1 aromatic carbocycles. The Morgan fingerprint density at radius 3 is 2.76 bits per heavy atom. The zero-order valence-electron chi connectivity index (χ0n) is 12.8. The number of fused-ring (bicyclic) bond motifs is 1. The molecule has 2 rings (SSSR count). The molecule has 0 aliphatic heterocycles. The molecule has 0 aliphatic rings. The summed E-state index contributed by atoms with van der Waals surface area (Å²) >= 11 is 0. The van der Waals surface area contributed by atoms with Gasteiger partial charge in [-0.2, -0.15) is 0 Å². The van der Waals surface area contributed by atoms with Crippen molar-refractivity contribution in [2.75, 3.05) is 25.1 Å². The highest BCUT2D eigenvalue weighted by molar-refractivity contribution is 5.96. The van der Waals surface area contributed by atoms with Gasteiger partial charge in [0.25, 0.3) is 0 Å². The summed E-state index contributed by atoms with van der Waals surface area (Å²) in [5.41, 5.74) is 5.59. The van der Waals surface area contributed by atoms with Crippen LogP contribution in [0, 0.1) is 11.3 Å². The fourth-order valence-corrected chi connectivity index (χ4v) is 2.39. The topological polar surface area (TPSA) is 75.2 Å². The molecule has 0 amide bonds. The molecule has 2 aromatic rings. The average Bonchev–Trinajstić information content (AvgIpc) is 2.51. The van der Waals surface area contributed by atoms with Gasteiger partial charge in [0.15, 0.2) is 0 Å². The number of benzene rings is 1. The van der Waals surface area contributed by atoms with Crippen LogP contribution < -0.4 is 15.4 Å². The number of methoxy groups -OCH3 is 1. The predicted molar refractivity (Wildman–Crippen MR) is 87.3 cm³/mol. The minimum atomic E-state index is -0.00684. The second-order valence-corrected chi connectivity index (χ2v) is 5.08. The zero-order chi connectivity index (χ0) is 15.4. The van der Waals surface area contributed by atoms with Gasteiger partial charge in [-0.25, -0.2) is 4.98 Å². The molecule has 0 saturated carbocycles. The van der Waals surface area contributed by atoms with Gasteiger partial charge < -0.3 is 15.4 Å². The van der Waals surface area contributed by atoms with Crippen LogP contribution in [0.15, 0.2) is 30.5 Å². The summed E-state index contributed by atoms with van der Waals surface area (Å²) in [4.78, 5) is 6.67. The van der Waals surface area contributed by atoms with E-state index in [4.69, 9.17) is 15.9 Å². The third-order valence-corrected chi connectivity index (χ3v) is 3.67. The number of hydrogen-bond acceptors (Lipinski definition) is 4. The molecule has 1 heterocycles. The van der Waals surface area contributed by atoms with Crippen molar-refractivity contribution >= 4 is 22.4 Å². The minimum absolute atomic E-state index is 0.00684. The van der Waals surface area contributed by atoms with E-state index in [1.165, 1.54) is 0 Å². The Morgan fingerprint density at radius 1 is 1.38 bits per heavy atom. The van der Waals surface area contributed by atoms with E-state index in [1.807, 2.05) is 31.2 Å². The smallest absolute Gasteiger partial charge is 0.136 e. The van der Waals surface area contributed by atoms with Gasteiger partial charge >= 0.3 is 0 Å². The highest BCUT2D eigenvalue weighted by Crippen LogP contribution is 2.31. The molecule has 1 atom stereocenters. The molecule has 0 fully saturated rings. The van der Waals surface area contributed by atoms with Crippen LogP contribution in [0.3, 0.4) is 0 Å². The molecule has 0 saturated heterocycles. The van der Waals surface area contributed by atoms with Crippen molar-refractivity contribution in [3.63, 3.8) is 0 Å². The second-order valence-electron chi connectivity index (χ2n) is 5.08. The number of amidine groups is 1. The summed E-state index contributed by atoms with van der Waals surface area (Å²) in [6.45, 7) is 5.51. The first-order valence-electron chi connectivity index (χ1n) is 7.09. The van der Waals surface area contributed by atoms with Crippen LogP contribution in [-0.2, 0) is 0 Å². The van der Waals surface area contributed by atoms with Crippen LogP contribution >= 0.6 is 0 Å². The summed E-state index contributed by atoms with van der Waals surface area (Å²) in [5, 5.41) is 9.66. The zero-order valence-corrected chi connectivity index (χ0v) is 12.8. The fraction of sp³-hybridized carbons (Fsp3) is 0.375. The van der Waals surface area contributed by atoms with Crippen molar-refractivity contribution in [2.45, 2.75) is 13.8 Å². The van der Waals surface area contributed by atoms with Gasteiger partial charge in [-0.15, -0.1) is 0 Å². The van der Waals surface area contributed by atoms with Gasteiger partial charge in [0.2, 0.25) is 0 Å². The highest BCUT2D eigenvalue weighted by Gasteiger charge is 2.16. The predicted octanol–water partition coefficient (Wildman–Crippen LogP) is 2.64. The molecule has 1 unspecified atom stereocenters. The van der Waals surface area contributed by atoms with E-state index < -0.39 is 0 Å². The first kappa shape index (κ1) is 15.1. The Morgan fingerprint density at radius 2 is 2.14 bits per heavy atom. The maximum absolute atomic E-state index is 7.57. The summed E-state index contributed by atoms with van der Waals surface area (Å²) in [6.07, 6.45) is 1.79. The van der Waals surface area contributed by atoms with E-state index in [2.05, 4.69) is 16.8 Å². The van der Waals surface area contributed by atoms with Gasteiger partial charge in [0, 0.05) is 36.0 Å². The van der Waals surface area contributed by atoms with Gasteiger partial charge in [-0.1, -0.05) is 19.1 Å². The molecule has 3 N–H and O–H groups in total. The second kappa shape index (κ2) is 6.43. The van der Waals surface area contributed by atoms with Crippen molar-refractivity contribution in [3.8, 4) is 5.75 Å². The number of anilines is 1. The Bertz CT molecular complexity index is 641. The SMILES string of the molecule is CCN(CC(C)C(=N)N)c1nccc2c(OC)cccc12. The molecule has 0 bridgehead atoms. The molecule has 1 aromatic heterocycles. The first-order valence-corrected chi connectivity index (χ1v) is 7.09. The van der Waals surface area contributed by atoms with Crippen molar-refractivity contribution in [1.82, 2.24) is 4.98 Å². The molecule has 5 nitrogen and oxygen atoms in total. The van der Waals surface area contributed by atoms with Crippen LogP contribution in [0.5, 0.6) is 5.75 Å². The number of aromatic nitrogens is 1. The van der Waals surface area contributed by atoms with E-state index in [-0.39, 0.29) is 11.8 Å². The summed E-state index contributed by atoms with van der Waals surface area (Å²) in [6, 6.07) is 7.91. The largest absolute Gasteiger partial charge is 0.496 e. The lowest BCUT2D eigenvalue weighted by Crippen LogP contribution is -2.35. The normalized spacial score (nSPS) is 12.1. The van der Waals surface area contributed by atoms with Crippen LogP contribution in [0.2, 0.25) is 0 Å². The molecule has 0 aliphatic carbocycles. The molecule has 0 radical (unpaired) electrons. The lowest BCUT2D eigenvalue weighted by Gasteiger charge is -2.26. The molecule has 0 spiro atoms. The number of hydrogen-bond donors (Lipinski definition) is 2. The average molecular weight is 286 g/mol. The molecule has 112 valence electrons. The van der Waals surface area contributed by atoms with Crippen molar-refractivity contribution in [2.24, 2.45) is 11.7 Å². The van der Waals surface area contributed by atoms with E-state index in [1.54, 1.807) is 13.3 Å². The molecular formula is C16H22N4O. The summed E-state index contributed by atoms with van der Waals surface area (Å²) < 4.78 is 5.41. The Kier molecular flexibility index (Phi) is 4.62. The van der Waals surface area contributed by atoms with Crippen LogP contribution in [0.25, 0.3) is 10.8 Å². The lowest BCUT2D eigenvalue weighted by molar-refractivity contribution is 0.420. The van der Waals surface area contributed by atoms with Crippen molar-refractivity contribution in [3.05, 3.63) is 30.5 Å². The van der Waals surface area contributed by atoms with Crippen molar-refractivity contribution in [1.29, 1.82) is 5.41 Å². The molecule has 21 heavy (non-hydrogen) atoms. The Labute approximate surface area is 125 Å². The van der Waals surface area contributed by atoms with Crippen LogP contribution in [0.4, 0.5) is 5.82 Å². The number of nitrogens with two attached hydrogens (primary N) is 1. The van der Waals surface area contributed by atoms with Crippen LogP contribution in [-0.4, -0.2) is 31.0 Å². The summed E-state index contributed by atoms with van der Waals surface area (Å²) in [7, 11) is 1.67. The fourth-order valence-electron chi connectivity index (χ4n) is 2.39. The van der Waals surface area contributed by atoms with Crippen LogP contribution in [0.1, 0.15) is 13.8 Å². The van der Waals surface area contributed by atoms with Gasteiger partial charge in [-0.3, -0.25) is 5.41 Å². The first-order chi connectivity index (χ1) is 10.1. The standard InChI is InChI=1S/C16H22N4O/c1-4-20(10-11(2)15(17)18)16-13-6-5-7-14(21-3)12(13)8-9-19-16/h5-9,11H,4,10H2,1-3H3,(H3,17,18). The van der Waals surface area contributed by atoms with Gasteiger partial charge in [0.05, 0.1) is 12.9 Å². The lowest BCUT2D eigenvalue weighted by atomic mass is 10.1. The molecular weight excluding hydrogens is 264 g/mol.